The highest BCUT2D eigenvalue weighted by atomic mass is 32.1. The molecule has 15 heavy (non-hydrogen) atoms. The van der Waals surface area contributed by atoms with Crippen LogP contribution in [0.2, 0.25) is 0 Å². The van der Waals surface area contributed by atoms with Crippen molar-refractivity contribution in [3.8, 4) is 6.07 Å². The molecule has 0 atom stereocenters. The van der Waals surface area contributed by atoms with Crippen molar-refractivity contribution in [2.24, 2.45) is 0 Å². The Labute approximate surface area is 94.7 Å². The maximum absolute atomic E-state index is 8.66. The number of ether oxygens (including phenoxy) is 1. The zero-order valence-corrected chi connectivity index (χ0v) is 10.1. The first kappa shape index (κ1) is 12.2. The minimum atomic E-state index is -0.144. The SMILES string of the molecule is COC(C)(C)CNCc1cc(C#N)cs1. The largest absolute Gasteiger partial charge is 0.377 e. The Balaban J connectivity index is 2.35. The van der Waals surface area contributed by atoms with Crippen LogP contribution in [0.5, 0.6) is 0 Å². The molecule has 0 spiro atoms. The molecule has 0 amide bonds. The minimum absolute atomic E-state index is 0.144. The van der Waals surface area contributed by atoms with Gasteiger partial charge in [0.05, 0.1) is 11.2 Å². The summed E-state index contributed by atoms with van der Waals surface area (Å²) in [7, 11) is 1.71. The fourth-order valence-corrected chi connectivity index (χ4v) is 1.87. The monoisotopic (exact) mass is 224 g/mol. The molecule has 0 saturated carbocycles. The molecule has 82 valence electrons. The van der Waals surface area contributed by atoms with Gasteiger partial charge in [0.25, 0.3) is 0 Å². The smallest absolute Gasteiger partial charge is 0.100 e. The fraction of sp³-hybridized carbons (Fsp3) is 0.545. The summed E-state index contributed by atoms with van der Waals surface area (Å²) in [5.41, 5.74) is 0.595. The Bertz CT molecular complexity index is 352. The molecule has 1 heterocycles. The number of rotatable bonds is 5. The summed E-state index contributed by atoms with van der Waals surface area (Å²) in [5.74, 6) is 0. The van der Waals surface area contributed by atoms with Crippen LogP contribution in [0.1, 0.15) is 24.3 Å². The van der Waals surface area contributed by atoms with E-state index in [4.69, 9.17) is 10.00 Å². The third-order valence-corrected chi connectivity index (χ3v) is 3.12. The second kappa shape index (κ2) is 5.26. The van der Waals surface area contributed by atoms with Crippen molar-refractivity contribution in [2.45, 2.75) is 26.0 Å². The highest BCUT2D eigenvalue weighted by Crippen LogP contribution is 2.13. The number of nitrogens with zero attached hydrogens (tertiary/aromatic N) is 1. The molecular formula is C11H16N2OS. The quantitative estimate of drug-likeness (QED) is 0.833. The van der Waals surface area contributed by atoms with Crippen LogP contribution in [0, 0.1) is 11.3 Å². The zero-order valence-electron chi connectivity index (χ0n) is 9.33. The van der Waals surface area contributed by atoms with Crippen molar-refractivity contribution in [2.75, 3.05) is 13.7 Å². The van der Waals surface area contributed by atoms with Gasteiger partial charge in [0, 0.05) is 30.5 Å². The maximum atomic E-state index is 8.66. The molecule has 0 fully saturated rings. The van der Waals surface area contributed by atoms with E-state index in [2.05, 4.69) is 11.4 Å². The lowest BCUT2D eigenvalue weighted by Gasteiger charge is -2.22. The number of hydrogen-bond acceptors (Lipinski definition) is 4. The van der Waals surface area contributed by atoms with E-state index in [1.807, 2.05) is 25.3 Å². The standard InChI is InChI=1S/C11H16N2OS/c1-11(2,14-3)8-13-6-10-4-9(5-12)7-15-10/h4,7,13H,6,8H2,1-3H3. The molecule has 3 nitrogen and oxygen atoms in total. The third kappa shape index (κ3) is 4.00. The van der Waals surface area contributed by atoms with Gasteiger partial charge in [-0.1, -0.05) is 0 Å². The Morgan fingerprint density at radius 1 is 1.60 bits per heavy atom. The average molecular weight is 224 g/mol. The van der Waals surface area contributed by atoms with Gasteiger partial charge >= 0.3 is 0 Å². The molecule has 0 aliphatic rings. The molecule has 0 unspecified atom stereocenters. The molecule has 0 aromatic carbocycles. The molecule has 0 bridgehead atoms. The van der Waals surface area contributed by atoms with Gasteiger partial charge in [-0.25, -0.2) is 0 Å². The van der Waals surface area contributed by atoms with Crippen molar-refractivity contribution in [1.82, 2.24) is 5.32 Å². The van der Waals surface area contributed by atoms with E-state index in [0.717, 1.165) is 18.7 Å². The summed E-state index contributed by atoms with van der Waals surface area (Å²) < 4.78 is 5.29. The number of hydrogen-bond donors (Lipinski definition) is 1. The first-order valence-corrected chi connectivity index (χ1v) is 5.69. The summed E-state index contributed by atoms with van der Waals surface area (Å²) in [6.45, 7) is 5.66. The van der Waals surface area contributed by atoms with Gasteiger partial charge in [0.15, 0.2) is 0 Å². The van der Waals surface area contributed by atoms with Crippen LogP contribution < -0.4 is 5.32 Å². The van der Waals surface area contributed by atoms with E-state index in [9.17, 15) is 0 Å². The van der Waals surface area contributed by atoms with Gasteiger partial charge in [-0.3, -0.25) is 0 Å². The van der Waals surface area contributed by atoms with E-state index < -0.39 is 0 Å². The van der Waals surface area contributed by atoms with Crippen molar-refractivity contribution < 1.29 is 4.74 Å². The summed E-state index contributed by atoms with van der Waals surface area (Å²) in [6.07, 6.45) is 0. The Kier molecular flexibility index (Phi) is 4.28. The van der Waals surface area contributed by atoms with E-state index in [0.29, 0.717) is 0 Å². The number of thiophene rings is 1. The molecule has 1 aromatic heterocycles. The van der Waals surface area contributed by atoms with Crippen LogP contribution in [0.3, 0.4) is 0 Å². The lowest BCUT2D eigenvalue weighted by atomic mass is 10.1. The summed E-state index contributed by atoms with van der Waals surface area (Å²) in [4.78, 5) is 1.18. The second-order valence-corrected chi connectivity index (χ2v) is 4.98. The van der Waals surface area contributed by atoms with Gasteiger partial charge in [-0.05, 0) is 19.9 Å². The highest BCUT2D eigenvalue weighted by Gasteiger charge is 2.15. The molecule has 4 heteroatoms. The van der Waals surface area contributed by atoms with Crippen molar-refractivity contribution in [1.29, 1.82) is 5.26 Å². The molecule has 0 aliphatic carbocycles. The topological polar surface area (TPSA) is 45.0 Å². The Hall–Kier alpha value is -0.890. The second-order valence-electron chi connectivity index (χ2n) is 3.98. The van der Waals surface area contributed by atoms with Crippen molar-refractivity contribution >= 4 is 11.3 Å². The van der Waals surface area contributed by atoms with Crippen LogP contribution in [-0.2, 0) is 11.3 Å². The van der Waals surface area contributed by atoms with E-state index in [-0.39, 0.29) is 5.60 Å². The number of nitriles is 1. The molecule has 0 saturated heterocycles. The van der Waals surface area contributed by atoms with E-state index >= 15 is 0 Å². The summed E-state index contributed by atoms with van der Waals surface area (Å²) >= 11 is 1.61. The Morgan fingerprint density at radius 3 is 2.87 bits per heavy atom. The van der Waals surface area contributed by atoms with Crippen LogP contribution in [0.25, 0.3) is 0 Å². The predicted octanol–water partition coefficient (Wildman–Crippen LogP) is 2.13. The van der Waals surface area contributed by atoms with Gasteiger partial charge in [-0.15, -0.1) is 11.3 Å². The van der Waals surface area contributed by atoms with Crippen molar-refractivity contribution in [3.63, 3.8) is 0 Å². The molecular weight excluding hydrogens is 208 g/mol. The normalized spacial score (nSPS) is 11.3. The van der Waals surface area contributed by atoms with Gasteiger partial charge < -0.3 is 10.1 Å². The lowest BCUT2D eigenvalue weighted by molar-refractivity contribution is 0.0231. The number of methoxy groups -OCH3 is 1. The third-order valence-electron chi connectivity index (χ3n) is 2.19. The highest BCUT2D eigenvalue weighted by molar-refractivity contribution is 7.10. The maximum Gasteiger partial charge on any atom is 0.100 e. The minimum Gasteiger partial charge on any atom is -0.377 e. The van der Waals surface area contributed by atoms with Gasteiger partial charge in [0.2, 0.25) is 0 Å². The van der Waals surface area contributed by atoms with Gasteiger partial charge in [0.1, 0.15) is 6.07 Å². The lowest BCUT2D eigenvalue weighted by Crippen LogP contribution is -2.36. The number of nitrogens with one attached hydrogen (secondary N) is 1. The Morgan fingerprint density at radius 2 is 2.33 bits per heavy atom. The van der Waals surface area contributed by atoms with Crippen LogP contribution >= 0.6 is 11.3 Å². The molecule has 1 aromatic rings. The van der Waals surface area contributed by atoms with E-state index in [1.165, 1.54) is 4.88 Å². The summed E-state index contributed by atoms with van der Waals surface area (Å²) in [6, 6.07) is 4.04. The summed E-state index contributed by atoms with van der Waals surface area (Å²) in [5, 5.41) is 13.8. The fourth-order valence-electron chi connectivity index (χ4n) is 1.09. The van der Waals surface area contributed by atoms with E-state index in [1.54, 1.807) is 18.4 Å². The molecule has 0 aliphatic heterocycles. The zero-order chi connectivity index (χ0) is 11.3. The van der Waals surface area contributed by atoms with Crippen LogP contribution in [0.4, 0.5) is 0 Å². The van der Waals surface area contributed by atoms with Crippen LogP contribution in [-0.4, -0.2) is 19.3 Å². The predicted molar refractivity (Wildman–Crippen MR) is 61.8 cm³/mol. The first-order valence-electron chi connectivity index (χ1n) is 4.81. The molecule has 1 N–H and O–H groups in total. The molecule has 0 radical (unpaired) electrons. The first-order chi connectivity index (χ1) is 7.07. The van der Waals surface area contributed by atoms with Gasteiger partial charge in [-0.2, -0.15) is 5.26 Å². The van der Waals surface area contributed by atoms with Crippen LogP contribution in [0.15, 0.2) is 11.4 Å². The molecule has 1 rings (SSSR count). The average Bonchev–Trinajstić information content (AvgIpc) is 2.66. The van der Waals surface area contributed by atoms with Crippen molar-refractivity contribution in [3.05, 3.63) is 21.9 Å².